The second-order valence-electron chi connectivity index (χ2n) is 2.85. The summed E-state index contributed by atoms with van der Waals surface area (Å²) in [5.74, 6) is 0. The van der Waals surface area contributed by atoms with Gasteiger partial charge in [-0.25, -0.2) is 0 Å². The van der Waals surface area contributed by atoms with E-state index in [4.69, 9.17) is 0 Å². The molecule has 72 valence electrons. The second kappa shape index (κ2) is 4.23. The summed E-state index contributed by atoms with van der Waals surface area (Å²) in [5.41, 5.74) is 0.629. The maximum Gasteiger partial charge on any atom is 0.347 e. The Labute approximate surface area is 80.7 Å². The van der Waals surface area contributed by atoms with Gasteiger partial charge in [-0.3, -0.25) is 10.1 Å². The molecule has 0 bridgehead atoms. The number of rotatable bonds is 4. The molecule has 1 aromatic heterocycles. The van der Waals surface area contributed by atoms with Crippen LogP contribution in [0.1, 0.15) is 20.3 Å². The lowest BCUT2D eigenvalue weighted by Crippen LogP contribution is -2.13. The molecule has 4 nitrogen and oxygen atoms in total. The Morgan fingerprint density at radius 1 is 1.77 bits per heavy atom. The average molecular weight is 200 g/mol. The first-order valence-electron chi connectivity index (χ1n) is 4.13. The molecule has 0 saturated heterocycles. The highest BCUT2D eigenvalue weighted by atomic mass is 32.1. The molecule has 1 N–H and O–H groups in total. The van der Waals surface area contributed by atoms with Crippen LogP contribution in [0.4, 0.5) is 10.7 Å². The average Bonchev–Trinajstić information content (AvgIpc) is 2.52. The van der Waals surface area contributed by atoms with E-state index in [1.807, 2.05) is 13.8 Å². The zero-order valence-electron chi connectivity index (χ0n) is 7.61. The minimum absolute atomic E-state index is 0.195. The molecule has 1 aromatic rings. The largest absolute Gasteiger partial charge is 0.376 e. The molecular weight excluding hydrogens is 188 g/mol. The number of nitro groups is 1. The van der Waals surface area contributed by atoms with Crippen LogP contribution in [0.25, 0.3) is 0 Å². The number of hydrogen-bond acceptors (Lipinski definition) is 4. The van der Waals surface area contributed by atoms with Gasteiger partial charge in [0, 0.05) is 6.04 Å². The van der Waals surface area contributed by atoms with Gasteiger partial charge in [-0.2, -0.15) is 0 Å². The predicted octanol–water partition coefficient (Wildman–Crippen LogP) is 2.87. The summed E-state index contributed by atoms with van der Waals surface area (Å²) in [6, 6.07) is 2.02. The molecule has 0 amide bonds. The summed E-state index contributed by atoms with van der Waals surface area (Å²) in [7, 11) is 0. The molecular formula is C8H12N2O2S. The molecule has 0 radical (unpaired) electrons. The van der Waals surface area contributed by atoms with Crippen molar-refractivity contribution in [3.8, 4) is 0 Å². The van der Waals surface area contributed by atoms with Crippen LogP contribution in [0.15, 0.2) is 11.4 Å². The number of anilines is 1. The van der Waals surface area contributed by atoms with Crippen LogP contribution in [-0.2, 0) is 0 Å². The molecule has 5 heteroatoms. The van der Waals surface area contributed by atoms with E-state index in [1.165, 1.54) is 0 Å². The Morgan fingerprint density at radius 3 is 3.00 bits per heavy atom. The highest BCUT2D eigenvalue weighted by Crippen LogP contribution is 2.31. The topological polar surface area (TPSA) is 55.2 Å². The van der Waals surface area contributed by atoms with Crippen molar-refractivity contribution in [1.82, 2.24) is 0 Å². The van der Waals surface area contributed by atoms with E-state index in [-0.39, 0.29) is 16.0 Å². The van der Waals surface area contributed by atoms with E-state index in [0.29, 0.717) is 5.69 Å². The van der Waals surface area contributed by atoms with Gasteiger partial charge in [0.2, 0.25) is 0 Å². The van der Waals surface area contributed by atoms with Crippen molar-refractivity contribution >= 4 is 22.0 Å². The highest BCUT2D eigenvalue weighted by molar-refractivity contribution is 7.14. The molecule has 0 aliphatic heterocycles. The monoisotopic (exact) mass is 200 g/mol. The molecule has 0 aromatic carbocycles. The van der Waals surface area contributed by atoms with Crippen LogP contribution < -0.4 is 5.32 Å². The van der Waals surface area contributed by atoms with Gasteiger partial charge >= 0.3 is 5.00 Å². The van der Waals surface area contributed by atoms with Crippen molar-refractivity contribution in [2.45, 2.75) is 26.3 Å². The molecule has 1 atom stereocenters. The van der Waals surface area contributed by atoms with E-state index in [2.05, 4.69) is 5.32 Å². The van der Waals surface area contributed by atoms with Gasteiger partial charge in [0.05, 0.1) is 4.92 Å². The van der Waals surface area contributed by atoms with Gasteiger partial charge < -0.3 is 5.32 Å². The highest BCUT2D eigenvalue weighted by Gasteiger charge is 2.15. The summed E-state index contributed by atoms with van der Waals surface area (Å²) in [4.78, 5) is 10.2. The van der Waals surface area contributed by atoms with Crippen molar-refractivity contribution in [3.05, 3.63) is 21.6 Å². The van der Waals surface area contributed by atoms with Crippen LogP contribution in [-0.4, -0.2) is 11.0 Å². The molecule has 1 unspecified atom stereocenters. The van der Waals surface area contributed by atoms with Crippen molar-refractivity contribution in [1.29, 1.82) is 0 Å². The summed E-state index contributed by atoms with van der Waals surface area (Å²) in [6.45, 7) is 4.04. The number of nitrogens with one attached hydrogen (secondary N) is 1. The van der Waals surface area contributed by atoms with Gasteiger partial charge in [-0.1, -0.05) is 18.3 Å². The standard InChI is InChI=1S/C8H12N2O2S/c1-3-6(2)9-7-4-5-13-8(7)10(11)12/h4-6,9H,3H2,1-2H3. The van der Waals surface area contributed by atoms with Crippen molar-refractivity contribution in [3.63, 3.8) is 0 Å². The first-order valence-corrected chi connectivity index (χ1v) is 5.01. The molecule has 0 aliphatic carbocycles. The van der Waals surface area contributed by atoms with E-state index in [9.17, 15) is 10.1 Å². The molecule has 0 spiro atoms. The SMILES string of the molecule is CCC(C)Nc1ccsc1[N+](=O)[O-]. The number of nitrogens with zero attached hydrogens (tertiary/aromatic N) is 1. The molecule has 1 rings (SSSR count). The smallest absolute Gasteiger partial charge is 0.347 e. The normalized spacial score (nSPS) is 12.5. The minimum Gasteiger partial charge on any atom is -0.376 e. The Balaban J connectivity index is 2.76. The van der Waals surface area contributed by atoms with E-state index in [0.717, 1.165) is 17.8 Å². The Kier molecular flexibility index (Phi) is 3.25. The van der Waals surface area contributed by atoms with Gasteiger partial charge in [-0.15, -0.1) is 0 Å². The van der Waals surface area contributed by atoms with Crippen LogP contribution >= 0.6 is 11.3 Å². The first-order chi connectivity index (χ1) is 6.15. The summed E-state index contributed by atoms with van der Waals surface area (Å²) < 4.78 is 0. The quantitative estimate of drug-likeness (QED) is 0.600. The fourth-order valence-electron chi connectivity index (χ4n) is 0.920. The van der Waals surface area contributed by atoms with E-state index >= 15 is 0 Å². The van der Waals surface area contributed by atoms with Crippen molar-refractivity contribution in [2.24, 2.45) is 0 Å². The lowest BCUT2D eigenvalue weighted by molar-refractivity contribution is -0.379. The molecule has 0 fully saturated rings. The number of hydrogen-bond donors (Lipinski definition) is 1. The van der Waals surface area contributed by atoms with Gasteiger partial charge in [-0.05, 0) is 24.8 Å². The molecule has 13 heavy (non-hydrogen) atoms. The molecule has 1 heterocycles. The summed E-state index contributed by atoms with van der Waals surface area (Å²) in [6.07, 6.45) is 0.951. The van der Waals surface area contributed by atoms with Crippen LogP contribution in [0, 0.1) is 10.1 Å². The van der Waals surface area contributed by atoms with E-state index in [1.54, 1.807) is 11.4 Å². The second-order valence-corrected chi connectivity index (χ2v) is 3.74. The maximum atomic E-state index is 10.5. The van der Waals surface area contributed by atoms with Crippen LogP contribution in [0.5, 0.6) is 0 Å². The van der Waals surface area contributed by atoms with Crippen molar-refractivity contribution < 1.29 is 4.92 Å². The third-order valence-corrected chi connectivity index (χ3v) is 2.69. The Bertz CT molecular complexity index is 298. The lowest BCUT2D eigenvalue weighted by Gasteiger charge is -2.09. The first kappa shape index (κ1) is 9.98. The van der Waals surface area contributed by atoms with Crippen molar-refractivity contribution in [2.75, 3.05) is 5.32 Å². The van der Waals surface area contributed by atoms with Crippen LogP contribution in [0.2, 0.25) is 0 Å². The predicted molar refractivity (Wildman–Crippen MR) is 54.3 cm³/mol. The number of thiophene rings is 1. The summed E-state index contributed by atoms with van der Waals surface area (Å²) in [5, 5.41) is 15.5. The summed E-state index contributed by atoms with van der Waals surface area (Å²) >= 11 is 1.15. The van der Waals surface area contributed by atoms with Gasteiger partial charge in [0.25, 0.3) is 0 Å². The third kappa shape index (κ3) is 2.42. The zero-order chi connectivity index (χ0) is 9.84. The molecule has 0 aliphatic rings. The van der Waals surface area contributed by atoms with Gasteiger partial charge in [0.15, 0.2) is 0 Å². The fourth-order valence-corrected chi connectivity index (χ4v) is 1.59. The Hall–Kier alpha value is -1.10. The fraction of sp³-hybridized carbons (Fsp3) is 0.500. The zero-order valence-corrected chi connectivity index (χ0v) is 8.43. The lowest BCUT2D eigenvalue weighted by atomic mass is 10.2. The minimum atomic E-state index is -0.352. The maximum absolute atomic E-state index is 10.5. The van der Waals surface area contributed by atoms with Crippen LogP contribution in [0.3, 0.4) is 0 Å². The Morgan fingerprint density at radius 2 is 2.46 bits per heavy atom. The molecule has 0 saturated carbocycles. The third-order valence-electron chi connectivity index (χ3n) is 1.82. The van der Waals surface area contributed by atoms with E-state index < -0.39 is 0 Å². The van der Waals surface area contributed by atoms with Gasteiger partial charge in [0.1, 0.15) is 5.69 Å².